The van der Waals surface area contributed by atoms with Crippen LogP contribution in [-0.2, 0) is 14.8 Å². The lowest BCUT2D eigenvalue weighted by Crippen LogP contribution is -2.43. The molecule has 2 heterocycles. The standard InChI is InChI=1S/C18H25BrN2O4S/c1-13-9-14(2)12-20(11-13)18(22)15-3-4-16(19)17(10-15)26(23,24)21-5-7-25-8-6-21/h3-4,10,13-14H,5-9,11-12H2,1-2H3/t13-,14+. The zero-order valence-electron chi connectivity index (χ0n) is 15.2. The molecule has 0 saturated carbocycles. The summed E-state index contributed by atoms with van der Waals surface area (Å²) in [6.07, 6.45) is 1.11. The zero-order chi connectivity index (χ0) is 18.9. The fourth-order valence-corrected chi connectivity index (χ4v) is 6.13. The minimum atomic E-state index is -3.67. The number of piperidine rings is 1. The van der Waals surface area contributed by atoms with Crippen LogP contribution in [0.1, 0.15) is 30.6 Å². The van der Waals surface area contributed by atoms with E-state index in [0.717, 1.165) is 6.42 Å². The number of hydrogen-bond donors (Lipinski definition) is 0. The van der Waals surface area contributed by atoms with Crippen molar-refractivity contribution >= 4 is 31.9 Å². The van der Waals surface area contributed by atoms with Crippen molar-refractivity contribution in [2.45, 2.75) is 25.2 Å². The van der Waals surface area contributed by atoms with Gasteiger partial charge in [-0.3, -0.25) is 4.79 Å². The number of halogens is 1. The molecule has 8 heteroatoms. The van der Waals surface area contributed by atoms with Crippen LogP contribution in [0, 0.1) is 11.8 Å². The monoisotopic (exact) mass is 444 g/mol. The normalized spacial score (nSPS) is 25.3. The van der Waals surface area contributed by atoms with Gasteiger partial charge in [-0.15, -0.1) is 0 Å². The molecule has 1 amide bonds. The number of amides is 1. The number of sulfonamides is 1. The van der Waals surface area contributed by atoms with Crippen molar-refractivity contribution in [1.29, 1.82) is 0 Å². The predicted octanol–water partition coefficient (Wildman–Crippen LogP) is 2.59. The van der Waals surface area contributed by atoms with E-state index < -0.39 is 10.0 Å². The van der Waals surface area contributed by atoms with Gasteiger partial charge in [-0.1, -0.05) is 13.8 Å². The highest BCUT2D eigenvalue weighted by Gasteiger charge is 2.31. The maximum absolute atomic E-state index is 13.0. The number of ether oxygens (including phenoxy) is 1. The molecule has 0 aromatic heterocycles. The number of nitrogens with zero attached hydrogens (tertiary/aromatic N) is 2. The van der Waals surface area contributed by atoms with Crippen molar-refractivity contribution in [3.63, 3.8) is 0 Å². The minimum absolute atomic E-state index is 0.102. The fourth-order valence-electron chi connectivity index (χ4n) is 3.77. The van der Waals surface area contributed by atoms with Crippen LogP contribution in [0.2, 0.25) is 0 Å². The molecule has 0 spiro atoms. The number of likely N-dealkylation sites (tertiary alicyclic amines) is 1. The molecule has 0 N–H and O–H groups in total. The lowest BCUT2D eigenvalue weighted by molar-refractivity contribution is 0.0622. The third-order valence-corrected chi connectivity index (χ3v) is 7.81. The molecule has 2 saturated heterocycles. The summed E-state index contributed by atoms with van der Waals surface area (Å²) in [5.74, 6) is 0.804. The maximum atomic E-state index is 13.0. The molecule has 0 aliphatic carbocycles. The highest BCUT2D eigenvalue weighted by Crippen LogP contribution is 2.28. The van der Waals surface area contributed by atoms with Crippen molar-refractivity contribution in [2.75, 3.05) is 39.4 Å². The second kappa shape index (κ2) is 7.96. The Morgan fingerprint density at radius 2 is 1.77 bits per heavy atom. The van der Waals surface area contributed by atoms with Gasteiger partial charge in [0, 0.05) is 36.2 Å². The van der Waals surface area contributed by atoms with Crippen LogP contribution in [0.4, 0.5) is 0 Å². The molecule has 1 aromatic carbocycles. The van der Waals surface area contributed by atoms with Gasteiger partial charge in [0.15, 0.2) is 0 Å². The Labute approximate surface area is 163 Å². The van der Waals surface area contributed by atoms with Crippen molar-refractivity contribution in [1.82, 2.24) is 9.21 Å². The summed E-state index contributed by atoms with van der Waals surface area (Å²) in [7, 11) is -3.67. The molecule has 144 valence electrons. The lowest BCUT2D eigenvalue weighted by Gasteiger charge is -2.35. The second-order valence-corrected chi connectivity index (χ2v) is 10.1. The maximum Gasteiger partial charge on any atom is 0.253 e. The number of rotatable bonds is 3. The SMILES string of the molecule is C[C@@H]1C[C@H](C)CN(C(=O)c2ccc(Br)c(S(=O)(=O)N3CCOCC3)c2)C1. The third-order valence-electron chi connectivity index (χ3n) is 4.92. The van der Waals surface area contributed by atoms with Gasteiger partial charge in [0.05, 0.1) is 18.1 Å². The number of morpholine rings is 1. The summed E-state index contributed by atoms with van der Waals surface area (Å²) in [5.41, 5.74) is 0.418. The molecule has 2 aliphatic rings. The third kappa shape index (κ3) is 4.13. The number of carbonyl (C=O) groups is 1. The first kappa shape index (κ1) is 19.8. The summed E-state index contributed by atoms with van der Waals surface area (Å²) in [6.45, 7) is 7.15. The summed E-state index contributed by atoms with van der Waals surface area (Å²) in [4.78, 5) is 14.9. The van der Waals surface area contributed by atoms with Crippen LogP contribution in [-0.4, -0.2) is 62.9 Å². The Hall–Kier alpha value is -0.960. The first-order chi connectivity index (χ1) is 12.3. The molecule has 0 radical (unpaired) electrons. The molecule has 2 aliphatic heterocycles. The molecule has 0 bridgehead atoms. The van der Waals surface area contributed by atoms with Crippen LogP contribution in [0.15, 0.2) is 27.6 Å². The van der Waals surface area contributed by atoms with Gasteiger partial charge in [0.2, 0.25) is 10.0 Å². The van der Waals surface area contributed by atoms with Crippen LogP contribution in [0.25, 0.3) is 0 Å². The van der Waals surface area contributed by atoms with Gasteiger partial charge < -0.3 is 9.64 Å². The van der Waals surface area contributed by atoms with Gasteiger partial charge >= 0.3 is 0 Å². The highest BCUT2D eigenvalue weighted by molar-refractivity contribution is 9.10. The van der Waals surface area contributed by atoms with E-state index in [9.17, 15) is 13.2 Å². The molecular formula is C18H25BrN2O4S. The lowest BCUT2D eigenvalue weighted by atomic mass is 9.91. The number of carbonyl (C=O) groups excluding carboxylic acids is 1. The molecule has 0 unspecified atom stereocenters. The van der Waals surface area contributed by atoms with E-state index in [0.29, 0.717) is 61.3 Å². The summed E-state index contributed by atoms with van der Waals surface area (Å²) < 4.78 is 33.1. The Morgan fingerprint density at radius 3 is 2.38 bits per heavy atom. The Bertz CT molecular complexity index is 767. The summed E-state index contributed by atoms with van der Waals surface area (Å²) >= 11 is 3.34. The average molecular weight is 445 g/mol. The van der Waals surface area contributed by atoms with Gasteiger partial charge in [-0.05, 0) is 52.4 Å². The largest absolute Gasteiger partial charge is 0.379 e. The Morgan fingerprint density at radius 1 is 1.15 bits per heavy atom. The van der Waals surface area contributed by atoms with E-state index >= 15 is 0 Å². The van der Waals surface area contributed by atoms with E-state index in [1.165, 1.54) is 10.4 Å². The van der Waals surface area contributed by atoms with Crippen LogP contribution < -0.4 is 0 Å². The van der Waals surface area contributed by atoms with Crippen molar-refractivity contribution in [3.05, 3.63) is 28.2 Å². The van der Waals surface area contributed by atoms with E-state index in [-0.39, 0.29) is 10.8 Å². The van der Waals surface area contributed by atoms with Gasteiger partial charge in [0.25, 0.3) is 5.91 Å². The van der Waals surface area contributed by atoms with E-state index in [2.05, 4.69) is 29.8 Å². The smallest absolute Gasteiger partial charge is 0.253 e. The Kier molecular flexibility index (Phi) is 6.06. The average Bonchev–Trinajstić information content (AvgIpc) is 2.61. The fraction of sp³-hybridized carbons (Fsp3) is 0.611. The quantitative estimate of drug-likeness (QED) is 0.718. The van der Waals surface area contributed by atoms with Gasteiger partial charge in [-0.2, -0.15) is 4.31 Å². The Balaban J connectivity index is 1.88. The molecular weight excluding hydrogens is 420 g/mol. The first-order valence-electron chi connectivity index (χ1n) is 8.95. The van der Waals surface area contributed by atoms with Gasteiger partial charge in [-0.25, -0.2) is 8.42 Å². The minimum Gasteiger partial charge on any atom is -0.379 e. The molecule has 1 aromatic rings. The first-order valence-corrected chi connectivity index (χ1v) is 11.2. The van der Waals surface area contributed by atoms with E-state index in [4.69, 9.17) is 4.74 Å². The molecule has 6 nitrogen and oxygen atoms in total. The van der Waals surface area contributed by atoms with Crippen molar-refractivity contribution in [2.24, 2.45) is 11.8 Å². The van der Waals surface area contributed by atoms with Crippen molar-refractivity contribution in [3.8, 4) is 0 Å². The van der Waals surface area contributed by atoms with Crippen LogP contribution in [0.5, 0.6) is 0 Å². The van der Waals surface area contributed by atoms with Crippen LogP contribution >= 0.6 is 15.9 Å². The number of hydrogen-bond acceptors (Lipinski definition) is 4. The van der Waals surface area contributed by atoms with E-state index in [1.54, 1.807) is 12.1 Å². The molecule has 3 rings (SSSR count). The zero-order valence-corrected chi connectivity index (χ0v) is 17.6. The summed E-state index contributed by atoms with van der Waals surface area (Å²) in [5, 5.41) is 0. The molecule has 2 atom stereocenters. The summed E-state index contributed by atoms with van der Waals surface area (Å²) in [6, 6.07) is 4.84. The highest BCUT2D eigenvalue weighted by atomic mass is 79.9. The number of benzene rings is 1. The van der Waals surface area contributed by atoms with Crippen LogP contribution in [0.3, 0.4) is 0 Å². The van der Waals surface area contributed by atoms with Crippen molar-refractivity contribution < 1.29 is 17.9 Å². The molecule has 2 fully saturated rings. The van der Waals surface area contributed by atoms with Gasteiger partial charge in [0.1, 0.15) is 0 Å². The predicted molar refractivity (Wildman–Crippen MR) is 103 cm³/mol. The second-order valence-electron chi connectivity index (χ2n) is 7.32. The molecule has 26 heavy (non-hydrogen) atoms. The van der Waals surface area contributed by atoms with E-state index in [1.807, 2.05) is 4.90 Å². The topological polar surface area (TPSA) is 66.9 Å².